The molecule has 0 aliphatic carbocycles. The Bertz CT molecular complexity index is 608. The molecule has 2 rings (SSSR count). The second kappa shape index (κ2) is 7.05. The average molecular weight is 314 g/mol. The van der Waals surface area contributed by atoms with Crippen LogP contribution in [0.4, 0.5) is 0 Å². The van der Waals surface area contributed by atoms with Gasteiger partial charge in [-0.1, -0.05) is 0 Å². The summed E-state index contributed by atoms with van der Waals surface area (Å²) >= 11 is 0. The van der Waals surface area contributed by atoms with Crippen LogP contribution >= 0.6 is 0 Å². The lowest BCUT2D eigenvalue weighted by Crippen LogP contribution is -2.49. The molecule has 10 nitrogen and oxygen atoms in total. The third-order valence-electron chi connectivity index (χ3n) is 3.33. The molecular weight excluding hydrogens is 296 g/mol. The summed E-state index contributed by atoms with van der Waals surface area (Å²) in [6, 6.07) is 0. The molecule has 0 unspecified atom stereocenters. The van der Waals surface area contributed by atoms with Crippen molar-refractivity contribution >= 4 is 11.2 Å². The van der Waals surface area contributed by atoms with E-state index in [1.807, 2.05) is 0 Å². The second-order valence-corrected chi connectivity index (χ2v) is 4.73. The molecule has 0 amide bonds. The first-order valence-corrected chi connectivity index (χ1v) is 6.49. The summed E-state index contributed by atoms with van der Waals surface area (Å²) in [4.78, 5) is 11.9. The van der Waals surface area contributed by atoms with Gasteiger partial charge in [-0.3, -0.25) is 4.57 Å². The van der Waals surface area contributed by atoms with E-state index in [9.17, 15) is 20.4 Å². The first-order chi connectivity index (χ1) is 10.5. The van der Waals surface area contributed by atoms with Crippen LogP contribution in [0.25, 0.3) is 11.2 Å². The Balaban J connectivity index is 2.27. The highest BCUT2D eigenvalue weighted by atomic mass is 16.5. The fraction of sp³-hybridized carbons (Fsp3) is 0.583. The van der Waals surface area contributed by atoms with Crippen LogP contribution in [0.1, 0.15) is 6.23 Å². The molecule has 0 aromatic carbocycles. The zero-order valence-corrected chi connectivity index (χ0v) is 11.8. The first kappa shape index (κ1) is 16.7. The highest BCUT2D eigenvalue weighted by molar-refractivity contribution is 5.68. The Hall–Kier alpha value is -1.69. The van der Waals surface area contributed by atoms with Crippen LogP contribution in [0.3, 0.4) is 0 Å². The van der Waals surface area contributed by atoms with Gasteiger partial charge < -0.3 is 30.3 Å². The molecule has 10 heteroatoms. The highest BCUT2D eigenvalue weighted by Crippen LogP contribution is 2.22. The molecule has 22 heavy (non-hydrogen) atoms. The van der Waals surface area contributed by atoms with Crippen LogP contribution in [-0.2, 0) is 4.74 Å². The number of rotatable bonds is 7. The quantitative estimate of drug-likeness (QED) is 0.370. The molecular formula is C12H18N4O6. The van der Waals surface area contributed by atoms with Crippen molar-refractivity contribution < 1.29 is 30.3 Å². The van der Waals surface area contributed by atoms with Crippen molar-refractivity contribution in [3.8, 4) is 0 Å². The van der Waals surface area contributed by atoms with E-state index < -0.39 is 37.3 Å². The maximum atomic E-state index is 10.2. The highest BCUT2D eigenvalue weighted by Gasteiger charge is 2.36. The lowest BCUT2D eigenvalue weighted by Gasteiger charge is -2.30. The van der Waals surface area contributed by atoms with E-state index in [-0.39, 0.29) is 0 Å². The molecule has 2 heterocycles. The molecule has 0 saturated heterocycles. The molecule has 0 saturated carbocycles. The predicted octanol–water partition coefficient (Wildman–Crippen LogP) is -2.59. The van der Waals surface area contributed by atoms with Crippen LogP contribution in [0.2, 0.25) is 0 Å². The molecule has 122 valence electrons. The molecule has 5 atom stereocenters. The van der Waals surface area contributed by atoms with Crippen LogP contribution in [0, 0.1) is 0 Å². The summed E-state index contributed by atoms with van der Waals surface area (Å²) in [5.74, 6) is 0. The van der Waals surface area contributed by atoms with Gasteiger partial charge in [0.05, 0.1) is 19.1 Å². The third kappa shape index (κ3) is 3.06. The van der Waals surface area contributed by atoms with Crippen LogP contribution in [-0.4, -0.2) is 83.2 Å². The number of aliphatic hydroxyl groups is 5. The predicted molar refractivity (Wildman–Crippen MR) is 72.5 cm³/mol. The summed E-state index contributed by atoms with van der Waals surface area (Å²) in [6.45, 7) is -0.760. The fourth-order valence-electron chi connectivity index (χ4n) is 2.09. The Labute approximate surface area is 125 Å². The van der Waals surface area contributed by atoms with Gasteiger partial charge in [-0.2, -0.15) is 0 Å². The Kier molecular flexibility index (Phi) is 5.34. The number of methoxy groups -OCH3 is 1. The minimum absolute atomic E-state index is 0.366. The van der Waals surface area contributed by atoms with Crippen molar-refractivity contribution in [2.24, 2.45) is 0 Å². The summed E-state index contributed by atoms with van der Waals surface area (Å²) in [5, 5.41) is 48.0. The topological polar surface area (TPSA) is 154 Å². The zero-order chi connectivity index (χ0) is 16.3. The molecule has 0 aliphatic heterocycles. The SMILES string of the molecule is CO[C@H]([C@H](O)[C@H](O)[C@H](O)[C@H](O)CO)n1cnc2cncnc21. The number of imidazole rings is 1. The van der Waals surface area contributed by atoms with Gasteiger partial charge in [-0.25, -0.2) is 15.0 Å². The van der Waals surface area contributed by atoms with Crippen LogP contribution in [0.5, 0.6) is 0 Å². The van der Waals surface area contributed by atoms with Crippen molar-refractivity contribution in [3.63, 3.8) is 0 Å². The lowest BCUT2D eigenvalue weighted by molar-refractivity contribution is -0.161. The zero-order valence-electron chi connectivity index (χ0n) is 11.8. The molecule has 0 radical (unpaired) electrons. The van der Waals surface area contributed by atoms with Gasteiger partial charge in [0, 0.05) is 7.11 Å². The van der Waals surface area contributed by atoms with E-state index in [0.717, 1.165) is 0 Å². The van der Waals surface area contributed by atoms with E-state index in [4.69, 9.17) is 9.84 Å². The fourth-order valence-corrected chi connectivity index (χ4v) is 2.09. The Morgan fingerprint density at radius 2 is 1.86 bits per heavy atom. The number of aliphatic hydroxyl groups excluding tert-OH is 5. The minimum Gasteiger partial charge on any atom is -0.394 e. The van der Waals surface area contributed by atoms with Gasteiger partial charge in [0.15, 0.2) is 11.9 Å². The molecule has 2 aromatic heterocycles. The lowest BCUT2D eigenvalue weighted by atomic mass is 10.0. The minimum atomic E-state index is -1.76. The number of ether oxygens (including phenoxy) is 1. The van der Waals surface area contributed by atoms with Gasteiger partial charge in [-0.05, 0) is 0 Å². The van der Waals surface area contributed by atoms with E-state index in [0.29, 0.717) is 11.2 Å². The third-order valence-corrected chi connectivity index (χ3v) is 3.33. The summed E-state index contributed by atoms with van der Waals surface area (Å²) in [6.07, 6.45) is -3.71. The number of aromatic nitrogens is 4. The van der Waals surface area contributed by atoms with Crippen molar-refractivity contribution in [1.29, 1.82) is 0 Å². The normalized spacial score (nSPS) is 18.8. The van der Waals surface area contributed by atoms with Crippen LogP contribution in [0.15, 0.2) is 18.9 Å². The number of hydrogen-bond donors (Lipinski definition) is 5. The number of fused-ring (bicyclic) bond motifs is 1. The van der Waals surface area contributed by atoms with Crippen molar-refractivity contribution in [1.82, 2.24) is 19.5 Å². The summed E-state index contributed by atoms with van der Waals surface area (Å²) < 4.78 is 6.51. The monoisotopic (exact) mass is 314 g/mol. The average Bonchev–Trinajstić information content (AvgIpc) is 2.97. The number of nitrogens with zero attached hydrogens (tertiary/aromatic N) is 4. The van der Waals surface area contributed by atoms with Gasteiger partial charge in [0.2, 0.25) is 0 Å². The maximum Gasteiger partial charge on any atom is 0.165 e. The summed E-state index contributed by atoms with van der Waals surface area (Å²) in [7, 11) is 1.29. The van der Waals surface area contributed by atoms with E-state index in [1.54, 1.807) is 0 Å². The van der Waals surface area contributed by atoms with Gasteiger partial charge >= 0.3 is 0 Å². The van der Waals surface area contributed by atoms with Crippen LogP contribution < -0.4 is 0 Å². The van der Waals surface area contributed by atoms with Crippen molar-refractivity contribution in [2.75, 3.05) is 13.7 Å². The maximum absolute atomic E-state index is 10.2. The Morgan fingerprint density at radius 1 is 1.14 bits per heavy atom. The standard InChI is InChI=1S/C12H18N4O6/c1-22-12(10(21)9(20)8(19)7(18)3-17)16-5-15-6-2-13-4-14-11(6)16/h2,4-5,7-10,12,17-21H,3H2,1H3/t7-,8-,9-,10-,12-/m1/s1. The largest absolute Gasteiger partial charge is 0.394 e. The second-order valence-electron chi connectivity index (χ2n) is 4.73. The molecule has 0 spiro atoms. The molecule has 0 fully saturated rings. The van der Waals surface area contributed by atoms with Gasteiger partial charge in [0.25, 0.3) is 0 Å². The Morgan fingerprint density at radius 3 is 2.50 bits per heavy atom. The van der Waals surface area contributed by atoms with E-state index >= 15 is 0 Å². The molecule has 2 aromatic rings. The molecule has 0 aliphatic rings. The van der Waals surface area contributed by atoms with Gasteiger partial charge in [-0.15, -0.1) is 0 Å². The van der Waals surface area contributed by atoms with Gasteiger partial charge in [0.1, 0.15) is 36.3 Å². The van der Waals surface area contributed by atoms with Crippen molar-refractivity contribution in [2.45, 2.75) is 30.6 Å². The van der Waals surface area contributed by atoms with E-state index in [2.05, 4.69) is 15.0 Å². The number of hydrogen-bond acceptors (Lipinski definition) is 9. The molecule has 5 N–H and O–H groups in total. The summed E-state index contributed by atoms with van der Waals surface area (Å²) in [5.41, 5.74) is 0.826. The van der Waals surface area contributed by atoms with Crippen molar-refractivity contribution in [3.05, 3.63) is 18.9 Å². The van der Waals surface area contributed by atoms with E-state index in [1.165, 1.54) is 30.5 Å². The smallest absolute Gasteiger partial charge is 0.165 e. The first-order valence-electron chi connectivity index (χ1n) is 6.49. The molecule has 0 bridgehead atoms.